The van der Waals surface area contributed by atoms with Gasteiger partial charge in [0.25, 0.3) is 0 Å². The number of hydrogen-bond acceptors (Lipinski definition) is 3. The van der Waals surface area contributed by atoms with Crippen LogP contribution in [0.3, 0.4) is 0 Å². The molecular weight excluding hydrogens is 304 g/mol. The maximum atomic E-state index is 5.92. The number of benzene rings is 1. The Balaban J connectivity index is 2.71. The summed E-state index contributed by atoms with van der Waals surface area (Å²) >= 11 is 3.57. The molecule has 0 bridgehead atoms. The van der Waals surface area contributed by atoms with E-state index in [1.807, 2.05) is 26.2 Å². The number of ether oxygens (including phenoxy) is 1. The maximum Gasteiger partial charge on any atom is 0.138 e. The lowest BCUT2D eigenvalue weighted by atomic mass is 10.1. The summed E-state index contributed by atoms with van der Waals surface area (Å²) in [4.78, 5) is 2.12. The standard InChI is InChI=1S/C15H25BrN2O/c1-15(2,3)17-11-12-7-6-8-13(16)14(12)19-10-9-18(4)5/h6-8,17H,9-11H2,1-5H3. The van der Waals surface area contributed by atoms with Crippen LogP contribution in [0.1, 0.15) is 26.3 Å². The molecule has 0 unspecified atom stereocenters. The number of nitrogens with zero attached hydrogens (tertiary/aromatic N) is 1. The predicted octanol–water partition coefficient (Wildman–Crippen LogP) is 3.28. The molecule has 0 fully saturated rings. The molecule has 0 aliphatic carbocycles. The SMILES string of the molecule is CN(C)CCOc1c(Br)cccc1CNC(C)(C)C. The first-order valence-electron chi connectivity index (χ1n) is 6.59. The highest BCUT2D eigenvalue weighted by Gasteiger charge is 2.12. The van der Waals surface area contributed by atoms with Gasteiger partial charge < -0.3 is 15.0 Å². The summed E-state index contributed by atoms with van der Waals surface area (Å²) in [6.07, 6.45) is 0. The lowest BCUT2D eigenvalue weighted by Crippen LogP contribution is -2.35. The molecule has 0 heterocycles. The Morgan fingerprint density at radius 1 is 1.26 bits per heavy atom. The van der Waals surface area contributed by atoms with Gasteiger partial charge in [-0.15, -0.1) is 0 Å². The van der Waals surface area contributed by atoms with Crippen LogP contribution in [-0.4, -0.2) is 37.7 Å². The van der Waals surface area contributed by atoms with E-state index in [4.69, 9.17) is 4.74 Å². The average molecular weight is 329 g/mol. The number of para-hydroxylation sites is 1. The van der Waals surface area contributed by atoms with Crippen molar-refractivity contribution in [1.82, 2.24) is 10.2 Å². The minimum Gasteiger partial charge on any atom is -0.491 e. The first-order chi connectivity index (χ1) is 8.79. The first-order valence-corrected chi connectivity index (χ1v) is 7.39. The number of halogens is 1. The third-order valence-corrected chi connectivity index (χ3v) is 3.27. The zero-order valence-electron chi connectivity index (χ0n) is 12.6. The Hall–Kier alpha value is -0.580. The summed E-state index contributed by atoms with van der Waals surface area (Å²) in [6, 6.07) is 6.17. The molecule has 0 saturated carbocycles. The third-order valence-electron chi connectivity index (χ3n) is 2.64. The minimum atomic E-state index is 0.100. The molecule has 0 spiro atoms. The molecular formula is C15H25BrN2O. The number of nitrogens with one attached hydrogen (secondary N) is 1. The van der Waals surface area contributed by atoms with Crippen LogP contribution in [0.15, 0.2) is 22.7 Å². The lowest BCUT2D eigenvalue weighted by molar-refractivity contribution is 0.257. The summed E-state index contributed by atoms with van der Waals surface area (Å²) in [6.45, 7) is 8.90. The first kappa shape index (κ1) is 16.5. The fraction of sp³-hybridized carbons (Fsp3) is 0.600. The second-order valence-corrected chi connectivity index (χ2v) is 6.84. The van der Waals surface area contributed by atoms with Gasteiger partial charge in [0.15, 0.2) is 0 Å². The molecule has 1 N–H and O–H groups in total. The van der Waals surface area contributed by atoms with Crippen molar-refractivity contribution in [3.63, 3.8) is 0 Å². The molecule has 0 amide bonds. The molecule has 1 aromatic rings. The van der Waals surface area contributed by atoms with E-state index >= 15 is 0 Å². The largest absolute Gasteiger partial charge is 0.491 e. The van der Waals surface area contributed by atoms with E-state index in [2.05, 4.69) is 53.0 Å². The Kier molecular flexibility index (Phi) is 6.30. The number of likely N-dealkylation sites (N-methyl/N-ethyl adjacent to an activating group) is 1. The lowest BCUT2D eigenvalue weighted by Gasteiger charge is -2.22. The van der Waals surface area contributed by atoms with Crippen molar-refractivity contribution in [2.24, 2.45) is 0 Å². The maximum absolute atomic E-state index is 5.92. The van der Waals surface area contributed by atoms with Crippen LogP contribution >= 0.6 is 15.9 Å². The van der Waals surface area contributed by atoms with Crippen molar-refractivity contribution in [3.05, 3.63) is 28.2 Å². The van der Waals surface area contributed by atoms with Gasteiger partial charge in [-0.2, -0.15) is 0 Å². The van der Waals surface area contributed by atoms with Gasteiger partial charge in [0.2, 0.25) is 0 Å². The Labute approximate surface area is 125 Å². The van der Waals surface area contributed by atoms with Crippen LogP contribution in [0.5, 0.6) is 5.75 Å². The van der Waals surface area contributed by atoms with Gasteiger partial charge in [-0.25, -0.2) is 0 Å². The molecule has 19 heavy (non-hydrogen) atoms. The highest BCUT2D eigenvalue weighted by Crippen LogP contribution is 2.29. The summed E-state index contributed by atoms with van der Waals surface area (Å²) in [5.74, 6) is 0.945. The van der Waals surface area contributed by atoms with Gasteiger partial charge in [0.1, 0.15) is 12.4 Å². The second-order valence-electron chi connectivity index (χ2n) is 5.98. The topological polar surface area (TPSA) is 24.5 Å². The molecule has 0 aromatic heterocycles. The molecule has 1 rings (SSSR count). The van der Waals surface area contributed by atoms with Crippen molar-refractivity contribution >= 4 is 15.9 Å². The van der Waals surface area contributed by atoms with Gasteiger partial charge in [0.05, 0.1) is 4.47 Å². The summed E-state index contributed by atoms with van der Waals surface area (Å²) < 4.78 is 6.93. The van der Waals surface area contributed by atoms with Crippen LogP contribution in [0.2, 0.25) is 0 Å². The smallest absolute Gasteiger partial charge is 0.138 e. The summed E-state index contributed by atoms with van der Waals surface area (Å²) in [5.41, 5.74) is 1.28. The molecule has 1 aromatic carbocycles. The minimum absolute atomic E-state index is 0.100. The molecule has 0 atom stereocenters. The average Bonchev–Trinajstić information content (AvgIpc) is 2.27. The molecule has 4 heteroatoms. The molecule has 0 saturated heterocycles. The Morgan fingerprint density at radius 3 is 2.53 bits per heavy atom. The molecule has 0 aliphatic heterocycles. The summed E-state index contributed by atoms with van der Waals surface area (Å²) in [7, 11) is 4.09. The van der Waals surface area contributed by atoms with Crippen LogP contribution < -0.4 is 10.1 Å². The molecule has 0 radical (unpaired) electrons. The van der Waals surface area contributed by atoms with Crippen LogP contribution in [-0.2, 0) is 6.54 Å². The van der Waals surface area contributed by atoms with Crippen molar-refractivity contribution in [2.45, 2.75) is 32.9 Å². The van der Waals surface area contributed by atoms with Crippen molar-refractivity contribution in [3.8, 4) is 5.75 Å². The van der Waals surface area contributed by atoms with Crippen LogP contribution in [0, 0.1) is 0 Å². The van der Waals surface area contributed by atoms with E-state index in [-0.39, 0.29) is 5.54 Å². The van der Waals surface area contributed by atoms with Crippen molar-refractivity contribution in [2.75, 3.05) is 27.2 Å². The number of hydrogen-bond donors (Lipinski definition) is 1. The second kappa shape index (κ2) is 7.27. The summed E-state index contributed by atoms with van der Waals surface area (Å²) in [5, 5.41) is 3.49. The molecule has 0 aliphatic rings. The predicted molar refractivity (Wildman–Crippen MR) is 84.8 cm³/mol. The molecule has 108 valence electrons. The monoisotopic (exact) mass is 328 g/mol. The zero-order valence-corrected chi connectivity index (χ0v) is 14.2. The Bertz CT molecular complexity index is 400. The van der Waals surface area contributed by atoms with E-state index in [9.17, 15) is 0 Å². The van der Waals surface area contributed by atoms with Gasteiger partial charge in [-0.1, -0.05) is 12.1 Å². The van der Waals surface area contributed by atoms with Crippen molar-refractivity contribution in [1.29, 1.82) is 0 Å². The van der Waals surface area contributed by atoms with Crippen LogP contribution in [0.4, 0.5) is 0 Å². The van der Waals surface area contributed by atoms with Gasteiger partial charge in [-0.3, -0.25) is 0 Å². The normalized spacial score (nSPS) is 11.9. The van der Waals surface area contributed by atoms with E-state index in [1.54, 1.807) is 0 Å². The highest BCUT2D eigenvalue weighted by molar-refractivity contribution is 9.10. The van der Waals surface area contributed by atoms with Gasteiger partial charge in [-0.05, 0) is 56.9 Å². The van der Waals surface area contributed by atoms with E-state index in [0.717, 1.165) is 23.3 Å². The van der Waals surface area contributed by atoms with Crippen LogP contribution in [0.25, 0.3) is 0 Å². The zero-order chi connectivity index (χ0) is 14.5. The fourth-order valence-corrected chi connectivity index (χ4v) is 2.07. The molecule has 3 nitrogen and oxygen atoms in total. The number of rotatable bonds is 6. The van der Waals surface area contributed by atoms with E-state index in [1.165, 1.54) is 5.56 Å². The van der Waals surface area contributed by atoms with Gasteiger partial charge >= 0.3 is 0 Å². The van der Waals surface area contributed by atoms with E-state index in [0.29, 0.717) is 6.61 Å². The van der Waals surface area contributed by atoms with E-state index < -0.39 is 0 Å². The third kappa shape index (κ3) is 6.41. The van der Waals surface area contributed by atoms with Crippen molar-refractivity contribution < 1.29 is 4.74 Å². The van der Waals surface area contributed by atoms with Gasteiger partial charge in [0, 0.05) is 24.2 Å². The fourth-order valence-electron chi connectivity index (χ4n) is 1.55. The Morgan fingerprint density at radius 2 is 1.95 bits per heavy atom. The quantitative estimate of drug-likeness (QED) is 0.867. The highest BCUT2D eigenvalue weighted by atomic mass is 79.9.